The Hall–Kier alpha value is -2.95. The van der Waals surface area contributed by atoms with Crippen LogP contribution < -0.4 is 0 Å². The molecule has 5 nitrogen and oxygen atoms in total. The van der Waals surface area contributed by atoms with Crippen molar-refractivity contribution in [1.82, 2.24) is 19.5 Å². The quantitative estimate of drug-likeness (QED) is 0.641. The molecule has 0 N–H and O–H groups in total. The molecule has 1 aromatic carbocycles. The summed E-state index contributed by atoms with van der Waals surface area (Å²) >= 11 is 0. The molecular weight excluding hydrogens is 348 g/mol. The first kappa shape index (κ1) is 18.4. The Morgan fingerprint density at radius 3 is 2.75 bits per heavy atom. The zero-order valence-electron chi connectivity index (χ0n) is 16.5. The lowest BCUT2D eigenvalue weighted by Crippen LogP contribution is -2.38. The predicted molar refractivity (Wildman–Crippen MR) is 111 cm³/mol. The molecule has 5 heteroatoms. The van der Waals surface area contributed by atoms with Crippen molar-refractivity contribution >= 4 is 17.6 Å². The Morgan fingerprint density at radius 2 is 1.96 bits per heavy atom. The highest BCUT2D eigenvalue weighted by atomic mass is 16.2. The fourth-order valence-corrected chi connectivity index (χ4v) is 3.79. The van der Waals surface area contributed by atoms with Crippen molar-refractivity contribution in [2.75, 3.05) is 13.1 Å². The maximum Gasteiger partial charge on any atom is 0.246 e. The first-order valence-electron chi connectivity index (χ1n) is 9.98. The van der Waals surface area contributed by atoms with Crippen molar-refractivity contribution in [3.05, 3.63) is 71.7 Å². The molecule has 0 saturated carbocycles. The normalized spacial score (nSPS) is 17.7. The molecule has 2 aromatic heterocycles. The first-order chi connectivity index (χ1) is 13.6. The van der Waals surface area contributed by atoms with E-state index in [0.717, 1.165) is 36.4 Å². The van der Waals surface area contributed by atoms with E-state index in [0.29, 0.717) is 12.5 Å². The number of likely N-dealkylation sites (tertiary alicyclic amines) is 1. The number of piperidine rings is 1. The van der Waals surface area contributed by atoms with Crippen LogP contribution in [0.15, 0.2) is 54.7 Å². The topological polar surface area (TPSA) is 50.5 Å². The molecule has 1 unspecified atom stereocenters. The van der Waals surface area contributed by atoms with Crippen LogP contribution in [0.3, 0.4) is 0 Å². The van der Waals surface area contributed by atoms with Crippen LogP contribution >= 0.6 is 0 Å². The van der Waals surface area contributed by atoms with Gasteiger partial charge in [-0.25, -0.2) is 0 Å². The largest absolute Gasteiger partial charge is 0.338 e. The number of carbonyl (C=O) groups excluding carboxylic acids is 1. The van der Waals surface area contributed by atoms with Gasteiger partial charge in [-0.05, 0) is 48.1 Å². The van der Waals surface area contributed by atoms with Crippen LogP contribution in [-0.4, -0.2) is 38.5 Å². The summed E-state index contributed by atoms with van der Waals surface area (Å²) in [7, 11) is 0. The Bertz CT molecular complexity index is 987. The van der Waals surface area contributed by atoms with Crippen LogP contribution in [0, 0.1) is 0 Å². The number of nitrogens with zero attached hydrogens (tertiary/aromatic N) is 4. The Kier molecular flexibility index (Phi) is 5.24. The third-order valence-electron chi connectivity index (χ3n) is 5.46. The van der Waals surface area contributed by atoms with Crippen LogP contribution in [0.4, 0.5) is 0 Å². The van der Waals surface area contributed by atoms with Gasteiger partial charge in [0.25, 0.3) is 0 Å². The van der Waals surface area contributed by atoms with Gasteiger partial charge in [0.15, 0.2) is 5.65 Å². The SMILES string of the molecule is CC(C)c1ccc(/C=C/C(=O)N2CCCC(c3nnc4ccccn34)C2)cc1. The monoisotopic (exact) mass is 374 g/mol. The van der Waals surface area contributed by atoms with Crippen molar-refractivity contribution in [3.8, 4) is 0 Å². The average molecular weight is 374 g/mol. The maximum atomic E-state index is 12.7. The molecule has 1 atom stereocenters. The van der Waals surface area contributed by atoms with Crippen molar-refractivity contribution in [1.29, 1.82) is 0 Å². The summed E-state index contributed by atoms with van der Waals surface area (Å²) < 4.78 is 2.03. The number of fused-ring (bicyclic) bond motifs is 1. The van der Waals surface area contributed by atoms with E-state index >= 15 is 0 Å². The second-order valence-electron chi connectivity index (χ2n) is 7.77. The van der Waals surface area contributed by atoms with Crippen LogP contribution in [0.1, 0.15) is 55.5 Å². The van der Waals surface area contributed by atoms with E-state index in [-0.39, 0.29) is 11.8 Å². The lowest BCUT2D eigenvalue weighted by atomic mass is 9.97. The summed E-state index contributed by atoms with van der Waals surface area (Å²) in [5.41, 5.74) is 3.21. The number of carbonyl (C=O) groups is 1. The van der Waals surface area contributed by atoms with Gasteiger partial charge in [0.05, 0.1) is 0 Å². The van der Waals surface area contributed by atoms with Gasteiger partial charge in [-0.2, -0.15) is 0 Å². The second-order valence-corrected chi connectivity index (χ2v) is 7.77. The van der Waals surface area contributed by atoms with Crippen molar-refractivity contribution in [2.45, 2.75) is 38.5 Å². The number of aromatic nitrogens is 3. The molecule has 1 aliphatic rings. The number of hydrogen-bond acceptors (Lipinski definition) is 3. The third-order valence-corrected chi connectivity index (χ3v) is 5.46. The predicted octanol–water partition coefficient (Wildman–Crippen LogP) is 4.27. The Morgan fingerprint density at radius 1 is 1.14 bits per heavy atom. The van der Waals surface area contributed by atoms with Gasteiger partial charge in [0.1, 0.15) is 5.82 Å². The van der Waals surface area contributed by atoms with E-state index in [1.165, 1.54) is 5.56 Å². The molecule has 0 spiro atoms. The summed E-state index contributed by atoms with van der Waals surface area (Å²) in [4.78, 5) is 14.6. The smallest absolute Gasteiger partial charge is 0.246 e. The highest BCUT2D eigenvalue weighted by Crippen LogP contribution is 2.26. The van der Waals surface area contributed by atoms with Gasteiger partial charge in [0, 0.05) is 31.3 Å². The second kappa shape index (κ2) is 7.97. The fourth-order valence-electron chi connectivity index (χ4n) is 3.79. The molecule has 4 rings (SSSR count). The Labute approximate surface area is 165 Å². The number of rotatable bonds is 4. The van der Waals surface area contributed by atoms with E-state index in [4.69, 9.17) is 0 Å². The molecule has 1 fully saturated rings. The maximum absolute atomic E-state index is 12.7. The van der Waals surface area contributed by atoms with Gasteiger partial charge in [0.2, 0.25) is 5.91 Å². The van der Waals surface area contributed by atoms with Gasteiger partial charge < -0.3 is 4.90 Å². The number of amides is 1. The van der Waals surface area contributed by atoms with Crippen molar-refractivity contribution in [2.24, 2.45) is 0 Å². The summed E-state index contributed by atoms with van der Waals surface area (Å²) in [5, 5.41) is 8.64. The molecule has 28 heavy (non-hydrogen) atoms. The highest BCUT2D eigenvalue weighted by molar-refractivity contribution is 5.91. The summed E-state index contributed by atoms with van der Waals surface area (Å²) in [5.74, 6) is 1.74. The lowest BCUT2D eigenvalue weighted by Gasteiger charge is -2.31. The lowest BCUT2D eigenvalue weighted by molar-refractivity contribution is -0.127. The summed E-state index contributed by atoms with van der Waals surface area (Å²) in [6, 6.07) is 14.3. The molecule has 3 heterocycles. The molecule has 0 bridgehead atoms. The fraction of sp³-hybridized carbons (Fsp3) is 0.348. The van der Waals surface area contributed by atoms with Gasteiger partial charge in [-0.3, -0.25) is 9.20 Å². The number of hydrogen-bond donors (Lipinski definition) is 0. The summed E-state index contributed by atoms with van der Waals surface area (Å²) in [6.45, 7) is 5.84. The zero-order chi connectivity index (χ0) is 19.5. The van der Waals surface area contributed by atoms with E-state index in [9.17, 15) is 4.79 Å². The van der Waals surface area contributed by atoms with E-state index in [1.54, 1.807) is 6.08 Å². The van der Waals surface area contributed by atoms with Crippen LogP contribution in [-0.2, 0) is 4.79 Å². The molecule has 1 amide bonds. The Balaban J connectivity index is 1.44. The molecule has 0 aliphatic carbocycles. The molecule has 3 aromatic rings. The molecular formula is C23H26N4O. The van der Waals surface area contributed by atoms with Gasteiger partial charge in [-0.15, -0.1) is 10.2 Å². The number of pyridine rings is 1. The molecule has 0 radical (unpaired) electrons. The summed E-state index contributed by atoms with van der Waals surface area (Å²) in [6.07, 6.45) is 7.60. The van der Waals surface area contributed by atoms with Crippen LogP contribution in [0.5, 0.6) is 0 Å². The van der Waals surface area contributed by atoms with E-state index in [2.05, 4.69) is 48.3 Å². The van der Waals surface area contributed by atoms with E-state index in [1.807, 2.05) is 39.8 Å². The molecule has 144 valence electrons. The van der Waals surface area contributed by atoms with Crippen LogP contribution in [0.25, 0.3) is 11.7 Å². The average Bonchev–Trinajstić information content (AvgIpc) is 3.16. The van der Waals surface area contributed by atoms with Gasteiger partial charge >= 0.3 is 0 Å². The van der Waals surface area contributed by atoms with Gasteiger partial charge in [-0.1, -0.05) is 44.2 Å². The highest BCUT2D eigenvalue weighted by Gasteiger charge is 2.26. The molecule has 1 aliphatic heterocycles. The minimum absolute atomic E-state index is 0.0615. The minimum Gasteiger partial charge on any atom is -0.338 e. The zero-order valence-corrected chi connectivity index (χ0v) is 16.5. The number of benzene rings is 1. The van der Waals surface area contributed by atoms with Crippen molar-refractivity contribution in [3.63, 3.8) is 0 Å². The molecule has 1 saturated heterocycles. The first-order valence-corrected chi connectivity index (χ1v) is 9.98. The van der Waals surface area contributed by atoms with Crippen LogP contribution in [0.2, 0.25) is 0 Å². The van der Waals surface area contributed by atoms with E-state index < -0.39 is 0 Å². The standard InChI is InChI=1S/C23H26N4O/c1-17(2)19-11-8-18(9-12-19)10-13-22(28)26-14-5-6-20(16-26)23-25-24-21-7-3-4-15-27(21)23/h3-4,7-13,15,17,20H,5-6,14,16H2,1-2H3/b13-10+. The third kappa shape index (κ3) is 3.84. The minimum atomic E-state index is 0.0615. The van der Waals surface area contributed by atoms with Crippen molar-refractivity contribution < 1.29 is 4.79 Å².